The SMILES string of the molecule is C#CCN(CCCCl)S(=O)(=O)c1ccccc1[N+](=O)[O-]. The summed E-state index contributed by atoms with van der Waals surface area (Å²) in [5, 5.41) is 10.9. The molecule has 20 heavy (non-hydrogen) atoms. The Morgan fingerprint density at radius 3 is 2.60 bits per heavy atom. The number of benzene rings is 1. The molecule has 0 aromatic heterocycles. The van der Waals surface area contributed by atoms with Crippen LogP contribution < -0.4 is 0 Å². The molecule has 108 valence electrons. The lowest BCUT2D eigenvalue weighted by Gasteiger charge is -2.19. The van der Waals surface area contributed by atoms with Gasteiger partial charge in [-0.05, 0) is 12.5 Å². The summed E-state index contributed by atoms with van der Waals surface area (Å²) < 4.78 is 25.9. The number of para-hydroxylation sites is 1. The van der Waals surface area contributed by atoms with Gasteiger partial charge in [0.25, 0.3) is 15.7 Å². The summed E-state index contributed by atoms with van der Waals surface area (Å²) in [6, 6.07) is 5.16. The summed E-state index contributed by atoms with van der Waals surface area (Å²) in [6.45, 7) is -0.0483. The van der Waals surface area contributed by atoms with E-state index in [2.05, 4.69) is 5.92 Å². The van der Waals surface area contributed by atoms with Gasteiger partial charge in [0.2, 0.25) is 0 Å². The van der Waals surface area contributed by atoms with Gasteiger partial charge in [0.1, 0.15) is 0 Å². The van der Waals surface area contributed by atoms with Gasteiger partial charge < -0.3 is 0 Å². The van der Waals surface area contributed by atoms with Crippen molar-refractivity contribution in [1.82, 2.24) is 4.31 Å². The van der Waals surface area contributed by atoms with E-state index in [4.69, 9.17) is 18.0 Å². The molecular weight excluding hydrogens is 304 g/mol. The van der Waals surface area contributed by atoms with E-state index < -0.39 is 20.6 Å². The van der Waals surface area contributed by atoms with Crippen molar-refractivity contribution in [2.75, 3.05) is 19.0 Å². The first-order chi connectivity index (χ1) is 9.45. The normalized spacial score (nSPS) is 11.2. The van der Waals surface area contributed by atoms with Crippen molar-refractivity contribution in [3.05, 3.63) is 34.4 Å². The van der Waals surface area contributed by atoms with Crippen LogP contribution in [0.3, 0.4) is 0 Å². The molecule has 1 rings (SSSR count). The number of nitro benzene ring substituents is 1. The first kappa shape index (κ1) is 16.4. The second-order valence-electron chi connectivity index (χ2n) is 3.81. The van der Waals surface area contributed by atoms with Gasteiger partial charge in [0, 0.05) is 18.5 Å². The first-order valence-electron chi connectivity index (χ1n) is 5.68. The predicted octanol–water partition coefficient (Wildman–Crippen LogP) is 1.85. The highest BCUT2D eigenvalue weighted by molar-refractivity contribution is 7.89. The highest BCUT2D eigenvalue weighted by Crippen LogP contribution is 2.26. The molecule has 0 atom stereocenters. The molecule has 0 unspecified atom stereocenters. The topological polar surface area (TPSA) is 80.5 Å². The summed E-state index contributed by atoms with van der Waals surface area (Å²) in [7, 11) is -4.02. The van der Waals surface area contributed by atoms with E-state index in [0.29, 0.717) is 6.42 Å². The average Bonchev–Trinajstić information content (AvgIpc) is 2.43. The second-order valence-corrected chi connectivity index (χ2v) is 6.09. The van der Waals surface area contributed by atoms with Crippen molar-refractivity contribution in [2.45, 2.75) is 11.3 Å². The van der Waals surface area contributed by atoms with Gasteiger partial charge in [-0.1, -0.05) is 18.1 Å². The maximum Gasteiger partial charge on any atom is 0.289 e. The van der Waals surface area contributed by atoms with Crippen LogP contribution in [0.2, 0.25) is 0 Å². The van der Waals surface area contributed by atoms with E-state index in [1.54, 1.807) is 0 Å². The summed E-state index contributed by atoms with van der Waals surface area (Å²) in [4.78, 5) is 9.82. The van der Waals surface area contributed by atoms with Gasteiger partial charge in [0.05, 0.1) is 11.5 Å². The zero-order chi connectivity index (χ0) is 15.2. The molecule has 0 amide bonds. The molecule has 0 spiro atoms. The van der Waals surface area contributed by atoms with Crippen LogP contribution in [0.5, 0.6) is 0 Å². The zero-order valence-electron chi connectivity index (χ0n) is 10.5. The zero-order valence-corrected chi connectivity index (χ0v) is 12.1. The molecule has 1 aromatic rings. The molecule has 1 aromatic carbocycles. The van der Waals surface area contributed by atoms with Gasteiger partial charge in [-0.3, -0.25) is 10.1 Å². The molecule has 6 nitrogen and oxygen atoms in total. The Labute approximate surface area is 122 Å². The summed E-state index contributed by atoms with van der Waals surface area (Å²) in [6.07, 6.45) is 5.56. The molecule has 0 saturated carbocycles. The van der Waals surface area contributed by atoms with E-state index in [1.165, 1.54) is 18.2 Å². The third kappa shape index (κ3) is 3.70. The fraction of sp³-hybridized carbons (Fsp3) is 0.333. The van der Waals surface area contributed by atoms with Gasteiger partial charge in [0.15, 0.2) is 4.90 Å². The number of nitrogens with zero attached hydrogens (tertiary/aromatic N) is 2. The maximum absolute atomic E-state index is 12.4. The van der Waals surface area contributed by atoms with Crippen molar-refractivity contribution >= 4 is 27.3 Å². The molecule has 0 heterocycles. The van der Waals surface area contributed by atoms with Crippen LogP contribution in [-0.2, 0) is 10.0 Å². The van der Waals surface area contributed by atoms with E-state index in [9.17, 15) is 18.5 Å². The van der Waals surface area contributed by atoms with Gasteiger partial charge in [-0.15, -0.1) is 18.0 Å². The molecule has 0 fully saturated rings. The Balaban J connectivity index is 3.26. The van der Waals surface area contributed by atoms with E-state index in [0.717, 1.165) is 10.4 Å². The highest BCUT2D eigenvalue weighted by Gasteiger charge is 2.30. The van der Waals surface area contributed by atoms with Crippen molar-refractivity contribution < 1.29 is 13.3 Å². The van der Waals surface area contributed by atoms with Crippen LogP contribution >= 0.6 is 11.6 Å². The second kappa shape index (κ2) is 7.24. The highest BCUT2D eigenvalue weighted by atomic mass is 35.5. The molecule has 0 aliphatic heterocycles. The fourth-order valence-corrected chi connectivity index (χ4v) is 3.26. The van der Waals surface area contributed by atoms with Crippen molar-refractivity contribution in [2.24, 2.45) is 0 Å². The number of terminal acetylenes is 1. The van der Waals surface area contributed by atoms with Crippen molar-refractivity contribution in [1.29, 1.82) is 0 Å². The Morgan fingerprint density at radius 2 is 2.05 bits per heavy atom. The molecule has 8 heteroatoms. The lowest BCUT2D eigenvalue weighted by atomic mass is 10.3. The molecule has 0 radical (unpaired) electrons. The number of rotatable bonds is 7. The Bertz CT molecular complexity index is 625. The minimum absolute atomic E-state index is 0.113. The summed E-state index contributed by atoms with van der Waals surface area (Å²) in [5.41, 5.74) is -0.472. The molecule has 0 saturated heterocycles. The number of alkyl halides is 1. The minimum atomic E-state index is -4.02. The summed E-state index contributed by atoms with van der Waals surface area (Å²) >= 11 is 5.54. The van der Waals surface area contributed by atoms with E-state index in [-0.39, 0.29) is 23.9 Å². The third-order valence-corrected chi connectivity index (χ3v) is 4.65. The molecule has 0 bridgehead atoms. The van der Waals surface area contributed by atoms with Gasteiger partial charge in [-0.2, -0.15) is 4.31 Å². The van der Waals surface area contributed by atoms with Crippen LogP contribution in [0.25, 0.3) is 0 Å². The maximum atomic E-state index is 12.4. The lowest BCUT2D eigenvalue weighted by molar-refractivity contribution is -0.387. The molecule has 0 N–H and O–H groups in total. The molecular formula is C12H13ClN2O4S. The third-order valence-electron chi connectivity index (χ3n) is 2.49. The number of sulfonamides is 1. The molecule has 0 aliphatic rings. The smallest absolute Gasteiger partial charge is 0.258 e. The van der Waals surface area contributed by atoms with Crippen LogP contribution in [0.15, 0.2) is 29.2 Å². The monoisotopic (exact) mass is 316 g/mol. The number of hydrogen-bond acceptors (Lipinski definition) is 4. The predicted molar refractivity (Wildman–Crippen MR) is 76.0 cm³/mol. The first-order valence-corrected chi connectivity index (χ1v) is 7.65. The Morgan fingerprint density at radius 1 is 1.40 bits per heavy atom. The number of halogens is 1. The van der Waals surface area contributed by atoms with Crippen molar-refractivity contribution in [3.63, 3.8) is 0 Å². The quantitative estimate of drug-likeness (QED) is 0.333. The van der Waals surface area contributed by atoms with Crippen molar-refractivity contribution in [3.8, 4) is 12.3 Å². The lowest BCUT2D eigenvalue weighted by Crippen LogP contribution is -2.33. The largest absolute Gasteiger partial charge is 0.289 e. The Kier molecular flexibility index (Phi) is 5.95. The standard InChI is InChI=1S/C12H13ClN2O4S/c1-2-9-14(10-5-8-13)20(18,19)12-7-4-3-6-11(12)15(16)17/h1,3-4,6-7H,5,8-10H2. The average molecular weight is 317 g/mol. The van der Waals surface area contributed by atoms with Crippen LogP contribution in [0, 0.1) is 22.5 Å². The summed E-state index contributed by atoms with van der Waals surface area (Å²) in [5.74, 6) is 2.51. The number of hydrogen-bond donors (Lipinski definition) is 0. The van der Waals surface area contributed by atoms with E-state index in [1.807, 2.05) is 0 Å². The molecule has 0 aliphatic carbocycles. The Hall–Kier alpha value is -1.62. The number of nitro groups is 1. The van der Waals surface area contributed by atoms with Crippen LogP contribution in [-0.4, -0.2) is 36.6 Å². The van der Waals surface area contributed by atoms with Gasteiger partial charge >= 0.3 is 0 Å². The minimum Gasteiger partial charge on any atom is -0.258 e. The fourth-order valence-electron chi connectivity index (χ4n) is 1.59. The van der Waals surface area contributed by atoms with Crippen LogP contribution in [0.4, 0.5) is 5.69 Å². The van der Waals surface area contributed by atoms with Crippen LogP contribution in [0.1, 0.15) is 6.42 Å². The van der Waals surface area contributed by atoms with E-state index >= 15 is 0 Å². The van der Waals surface area contributed by atoms with Gasteiger partial charge in [-0.25, -0.2) is 8.42 Å².